The van der Waals surface area contributed by atoms with Gasteiger partial charge in [0.1, 0.15) is 0 Å². The van der Waals surface area contributed by atoms with Crippen molar-refractivity contribution in [2.24, 2.45) is 11.8 Å². The van der Waals surface area contributed by atoms with Gasteiger partial charge >= 0.3 is 0 Å². The van der Waals surface area contributed by atoms with Crippen molar-refractivity contribution in [3.05, 3.63) is 29.8 Å². The van der Waals surface area contributed by atoms with Crippen LogP contribution in [-0.2, 0) is 14.4 Å². The first-order chi connectivity index (χ1) is 15.0. The standard InChI is InChI=1S/C25H33N3O3/c1-16(29)26-23(30)15-21-20-7-2-3-8-22(20)28(25(21)31)19-11-13-27(14-12-19)24-17-5-4-6-18(24)10-9-17/h2-3,7-8,17-19,21,24H,4-6,9-15H2,1H3,(H,26,29,30). The maximum absolute atomic E-state index is 13.4. The summed E-state index contributed by atoms with van der Waals surface area (Å²) in [5.41, 5.74) is 1.86. The number of hydrogen-bond acceptors (Lipinski definition) is 4. The van der Waals surface area contributed by atoms with Gasteiger partial charge in [-0.3, -0.25) is 24.6 Å². The minimum Gasteiger partial charge on any atom is -0.308 e. The van der Waals surface area contributed by atoms with E-state index in [4.69, 9.17) is 0 Å². The third-order valence-corrected chi connectivity index (χ3v) is 8.12. The number of rotatable bonds is 4. The third kappa shape index (κ3) is 3.79. The minimum atomic E-state index is -0.497. The molecular weight excluding hydrogens is 390 g/mol. The second-order valence-corrected chi connectivity index (χ2v) is 9.91. The van der Waals surface area contributed by atoms with Crippen molar-refractivity contribution in [3.63, 3.8) is 0 Å². The average Bonchev–Trinajstić information content (AvgIpc) is 3.17. The molecule has 3 unspecified atom stereocenters. The quantitative estimate of drug-likeness (QED) is 0.807. The molecule has 0 radical (unpaired) electrons. The lowest BCUT2D eigenvalue weighted by atomic mass is 9.82. The molecule has 2 bridgehead atoms. The van der Waals surface area contributed by atoms with Crippen molar-refractivity contribution < 1.29 is 14.4 Å². The zero-order valence-corrected chi connectivity index (χ0v) is 18.4. The Hall–Kier alpha value is -2.21. The Morgan fingerprint density at radius 2 is 1.68 bits per heavy atom. The van der Waals surface area contributed by atoms with Gasteiger partial charge in [-0.25, -0.2) is 0 Å². The first kappa shape index (κ1) is 20.7. The Morgan fingerprint density at radius 3 is 2.35 bits per heavy atom. The maximum atomic E-state index is 13.4. The van der Waals surface area contributed by atoms with Crippen molar-refractivity contribution in [2.45, 2.75) is 76.3 Å². The van der Waals surface area contributed by atoms with Crippen LogP contribution in [0.1, 0.15) is 69.8 Å². The molecule has 1 aromatic carbocycles. The molecule has 4 aliphatic rings. The number of carbonyl (C=O) groups excluding carboxylic acids is 3. The molecule has 31 heavy (non-hydrogen) atoms. The van der Waals surface area contributed by atoms with Gasteiger partial charge < -0.3 is 4.90 Å². The smallest absolute Gasteiger partial charge is 0.235 e. The Kier molecular flexibility index (Phi) is 5.59. The SMILES string of the molecule is CC(=O)NC(=O)CC1C(=O)N(C2CCN(C3C4CCCC3CC4)CC2)c2ccccc21. The topological polar surface area (TPSA) is 69.7 Å². The number of para-hydroxylation sites is 1. The van der Waals surface area contributed by atoms with Crippen molar-refractivity contribution in [1.82, 2.24) is 10.2 Å². The van der Waals surface area contributed by atoms with Crippen LogP contribution in [0.3, 0.4) is 0 Å². The van der Waals surface area contributed by atoms with Gasteiger partial charge in [-0.05, 0) is 62.0 Å². The summed E-state index contributed by atoms with van der Waals surface area (Å²) in [4.78, 5) is 41.6. The number of nitrogens with zero attached hydrogens (tertiary/aromatic N) is 2. The molecular formula is C25H33N3O3. The molecule has 3 fully saturated rings. The van der Waals surface area contributed by atoms with Gasteiger partial charge in [-0.2, -0.15) is 0 Å². The van der Waals surface area contributed by atoms with Gasteiger partial charge in [0.15, 0.2) is 0 Å². The van der Waals surface area contributed by atoms with E-state index in [2.05, 4.69) is 10.2 Å². The normalized spacial score (nSPS) is 31.0. The molecule has 3 atom stereocenters. The van der Waals surface area contributed by atoms with Crippen molar-refractivity contribution in [3.8, 4) is 0 Å². The highest BCUT2D eigenvalue weighted by atomic mass is 16.2. The fourth-order valence-electron chi connectivity index (χ4n) is 6.89. The van der Waals surface area contributed by atoms with E-state index in [9.17, 15) is 14.4 Å². The summed E-state index contributed by atoms with van der Waals surface area (Å²) >= 11 is 0. The summed E-state index contributed by atoms with van der Waals surface area (Å²) in [6.45, 7) is 3.44. The van der Waals surface area contributed by atoms with E-state index in [0.29, 0.717) is 0 Å². The van der Waals surface area contributed by atoms with Gasteiger partial charge in [0.2, 0.25) is 17.7 Å². The van der Waals surface area contributed by atoms with Crippen molar-refractivity contribution >= 4 is 23.4 Å². The zero-order chi connectivity index (χ0) is 21.5. The fourth-order valence-corrected chi connectivity index (χ4v) is 6.89. The molecule has 2 saturated carbocycles. The highest BCUT2D eigenvalue weighted by Crippen LogP contribution is 2.46. The highest BCUT2D eigenvalue weighted by Gasteiger charge is 2.45. The number of piperidine rings is 1. The number of hydrogen-bond donors (Lipinski definition) is 1. The Labute approximate surface area is 184 Å². The average molecular weight is 424 g/mol. The van der Waals surface area contributed by atoms with E-state index in [-0.39, 0.29) is 30.2 Å². The lowest BCUT2D eigenvalue weighted by Crippen LogP contribution is -2.52. The van der Waals surface area contributed by atoms with Crippen LogP contribution in [0.2, 0.25) is 0 Å². The largest absolute Gasteiger partial charge is 0.308 e. The molecule has 166 valence electrons. The van der Waals surface area contributed by atoms with Gasteiger partial charge in [-0.15, -0.1) is 0 Å². The summed E-state index contributed by atoms with van der Waals surface area (Å²) in [5.74, 6) is 0.510. The van der Waals surface area contributed by atoms with Crippen LogP contribution in [0.25, 0.3) is 0 Å². The zero-order valence-electron chi connectivity index (χ0n) is 18.4. The molecule has 6 heteroatoms. The lowest BCUT2D eigenvalue weighted by molar-refractivity contribution is -0.131. The molecule has 0 aromatic heterocycles. The number of amides is 3. The summed E-state index contributed by atoms with van der Waals surface area (Å²) in [5, 5.41) is 2.32. The molecule has 2 aliphatic heterocycles. The van der Waals surface area contributed by atoms with Crippen LogP contribution in [0.4, 0.5) is 5.69 Å². The molecule has 5 rings (SSSR count). The molecule has 1 aromatic rings. The van der Waals surface area contributed by atoms with Crippen LogP contribution >= 0.6 is 0 Å². The van der Waals surface area contributed by atoms with Crippen LogP contribution < -0.4 is 10.2 Å². The molecule has 0 spiro atoms. The first-order valence-electron chi connectivity index (χ1n) is 12.0. The Bertz CT molecular complexity index is 861. The lowest BCUT2D eigenvalue weighted by Gasteiger charge is -2.44. The number of carbonyl (C=O) groups is 3. The monoisotopic (exact) mass is 423 g/mol. The van der Waals surface area contributed by atoms with Crippen molar-refractivity contribution in [2.75, 3.05) is 18.0 Å². The molecule has 1 N–H and O–H groups in total. The summed E-state index contributed by atoms with van der Waals surface area (Å²) in [6, 6.07) is 8.79. The van der Waals surface area contributed by atoms with E-state index in [1.165, 1.54) is 39.0 Å². The van der Waals surface area contributed by atoms with Gasteiger partial charge in [0.05, 0.1) is 5.92 Å². The predicted octanol–water partition coefficient (Wildman–Crippen LogP) is 3.21. The van der Waals surface area contributed by atoms with E-state index < -0.39 is 5.92 Å². The van der Waals surface area contributed by atoms with E-state index in [0.717, 1.165) is 55.1 Å². The number of benzene rings is 1. The molecule has 2 aliphatic carbocycles. The number of likely N-dealkylation sites (tertiary alicyclic amines) is 1. The minimum absolute atomic E-state index is 0.0103. The highest BCUT2D eigenvalue weighted by molar-refractivity contribution is 6.08. The third-order valence-electron chi connectivity index (χ3n) is 8.12. The number of imide groups is 1. The van der Waals surface area contributed by atoms with Crippen molar-refractivity contribution in [1.29, 1.82) is 0 Å². The van der Waals surface area contributed by atoms with Crippen LogP contribution in [0.5, 0.6) is 0 Å². The predicted molar refractivity (Wildman–Crippen MR) is 119 cm³/mol. The molecule has 2 heterocycles. The summed E-state index contributed by atoms with van der Waals surface area (Å²) in [6.07, 6.45) is 8.99. The first-order valence-corrected chi connectivity index (χ1v) is 12.0. The van der Waals surface area contributed by atoms with Gasteiger partial charge in [-0.1, -0.05) is 24.6 Å². The second kappa shape index (κ2) is 8.38. The van der Waals surface area contributed by atoms with Gasteiger partial charge in [0.25, 0.3) is 0 Å². The van der Waals surface area contributed by atoms with E-state index >= 15 is 0 Å². The summed E-state index contributed by atoms with van der Waals surface area (Å²) in [7, 11) is 0. The number of anilines is 1. The Morgan fingerprint density at radius 1 is 1.00 bits per heavy atom. The maximum Gasteiger partial charge on any atom is 0.235 e. The Balaban J connectivity index is 1.29. The number of nitrogens with one attached hydrogen (secondary N) is 1. The van der Waals surface area contributed by atoms with Crippen LogP contribution in [0, 0.1) is 11.8 Å². The fraction of sp³-hybridized carbons (Fsp3) is 0.640. The second-order valence-electron chi connectivity index (χ2n) is 9.91. The molecule has 6 nitrogen and oxygen atoms in total. The molecule has 1 saturated heterocycles. The van der Waals surface area contributed by atoms with E-state index in [1.54, 1.807) is 0 Å². The molecule has 3 amide bonds. The van der Waals surface area contributed by atoms with Gasteiger partial charge in [0, 0.05) is 44.2 Å². The summed E-state index contributed by atoms with van der Waals surface area (Å²) < 4.78 is 0. The van der Waals surface area contributed by atoms with E-state index in [1.807, 2.05) is 29.2 Å². The number of fused-ring (bicyclic) bond motifs is 3. The van der Waals surface area contributed by atoms with Crippen LogP contribution in [-0.4, -0.2) is 47.8 Å². The van der Waals surface area contributed by atoms with Crippen LogP contribution in [0.15, 0.2) is 24.3 Å².